The Morgan fingerprint density at radius 1 is 1.29 bits per heavy atom. The van der Waals surface area contributed by atoms with Crippen molar-refractivity contribution in [3.05, 3.63) is 21.9 Å². The van der Waals surface area contributed by atoms with Gasteiger partial charge in [0.1, 0.15) is 0 Å². The number of hydrogen-bond acceptors (Lipinski definition) is 2. The van der Waals surface area contributed by atoms with E-state index in [1.165, 1.54) is 23.3 Å². The average molecular weight is 251 g/mol. The van der Waals surface area contributed by atoms with E-state index in [2.05, 4.69) is 39.1 Å². The van der Waals surface area contributed by atoms with Gasteiger partial charge in [0.2, 0.25) is 0 Å². The normalized spacial score (nSPS) is 30.5. The molecular weight excluding hydrogens is 226 g/mol. The molecule has 0 aliphatic heterocycles. The Labute approximate surface area is 109 Å². The van der Waals surface area contributed by atoms with Crippen LogP contribution in [0.15, 0.2) is 11.4 Å². The average Bonchev–Trinajstić information content (AvgIpc) is 2.64. The molecule has 1 fully saturated rings. The van der Waals surface area contributed by atoms with Crippen LogP contribution in [-0.4, -0.2) is 0 Å². The highest BCUT2D eigenvalue weighted by Crippen LogP contribution is 2.45. The van der Waals surface area contributed by atoms with Crippen molar-refractivity contribution in [1.82, 2.24) is 0 Å². The SMILES string of the molecule is Cc1ccsc1C1(N)CCC(C(C)(C)C)CC1. The van der Waals surface area contributed by atoms with Crippen molar-refractivity contribution in [2.45, 2.75) is 58.9 Å². The monoisotopic (exact) mass is 251 g/mol. The van der Waals surface area contributed by atoms with Gasteiger partial charge in [-0.3, -0.25) is 0 Å². The summed E-state index contributed by atoms with van der Waals surface area (Å²) in [4.78, 5) is 1.42. The predicted molar refractivity (Wildman–Crippen MR) is 76.3 cm³/mol. The molecule has 1 nitrogen and oxygen atoms in total. The van der Waals surface area contributed by atoms with Gasteiger partial charge in [-0.05, 0) is 60.9 Å². The van der Waals surface area contributed by atoms with Gasteiger partial charge in [-0.15, -0.1) is 11.3 Å². The molecule has 1 aliphatic carbocycles. The van der Waals surface area contributed by atoms with Gasteiger partial charge < -0.3 is 5.73 Å². The standard InChI is InChI=1S/C15H25NS/c1-11-7-10-17-13(11)15(16)8-5-12(6-9-15)14(2,3)4/h7,10,12H,5-6,8-9,16H2,1-4H3. The lowest BCUT2D eigenvalue weighted by Crippen LogP contribution is -2.42. The van der Waals surface area contributed by atoms with Crippen molar-refractivity contribution in [3.8, 4) is 0 Å². The summed E-state index contributed by atoms with van der Waals surface area (Å²) in [5.41, 5.74) is 8.42. The Morgan fingerprint density at radius 3 is 2.29 bits per heavy atom. The Kier molecular flexibility index (Phi) is 3.39. The highest BCUT2D eigenvalue weighted by Gasteiger charge is 2.38. The van der Waals surface area contributed by atoms with Gasteiger partial charge in [0.25, 0.3) is 0 Å². The van der Waals surface area contributed by atoms with Crippen molar-refractivity contribution >= 4 is 11.3 Å². The summed E-state index contributed by atoms with van der Waals surface area (Å²) in [6, 6.07) is 2.20. The van der Waals surface area contributed by atoms with Crippen LogP contribution in [0.3, 0.4) is 0 Å². The third kappa shape index (κ3) is 2.58. The Morgan fingerprint density at radius 2 is 1.88 bits per heavy atom. The molecule has 1 heterocycles. The van der Waals surface area contributed by atoms with Gasteiger partial charge in [0.05, 0.1) is 5.54 Å². The molecule has 0 amide bonds. The van der Waals surface area contributed by atoms with Crippen LogP contribution in [0.2, 0.25) is 0 Å². The van der Waals surface area contributed by atoms with Gasteiger partial charge in [-0.25, -0.2) is 0 Å². The zero-order chi connectivity index (χ0) is 12.7. The molecule has 2 rings (SSSR count). The molecule has 0 aromatic carbocycles. The number of aryl methyl sites for hydroxylation is 1. The van der Waals surface area contributed by atoms with Crippen LogP contribution in [-0.2, 0) is 5.54 Å². The topological polar surface area (TPSA) is 26.0 Å². The molecule has 0 unspecified atom stereocenters. The smallest absolute Gasteiger partial charge is 0.0506 e. The summed E-state index contributed by atoms with van der Waals surface area (Å²) >= 11 is 1.84. The second-order valence-electron chi connectivity index (χ2n) is 6.73. The molecule has 0 saturated heterocycles. The second kappa shape index (κ2) is 4.40. The van der Waals surface area contributed by atoms with E-state index < -0.39 is 0 Å². The minimum atomic E-state index is -0.0417. The molecule has 2 heteroatoms. The molecular formula is C15H25NS. The predicted octanol–water partition coefficient (Wildman–Crippen LogP) is 4.45. The molecule has 96 valence electrons. The maximum atomic E-state index is 6.64. The van der Waals surface area contributed by atoms with E-state index in [9.17, 15) is 0 Å². The van der Waals surface area contributed by atoms with Crippen LogP contribution >= 0.6 is 11.3 Å². The third-order valence-corrected chi connectivity index (χ3v) is 5.65. The van der Waals surface area contributed by atoms with E-state index >= 15 is 0 Å². The first-order valence-corrected chi connectivity index (χ1v) is 7.54. The van der Waals surface area contributed by atoms with E-state index in [0.717, 1.165) is 18.8 Å². The summed E-state index contributed by atoms with van der Waals surface area (Å²) in [5.74, 6) is 0.833. The largest absolute Gasteiger partial charge is 0.321 e. The van der Waals surface area contributed by atoms with Gasteiger partial charge in [-0.2, -0.15) is 0 Å². The van der Waals surface area contributed by atoms with E-state index in [0.29, 0.717) is 5.41 Å². The first-order chi connectivity index (χ1) is 7.83. The molecule has 1 aromatic heterocycles. The van der Waals surface area contributed by atoms with E-state index in [1.54, 1.807) is 0 Å². The Bertz CT molecular complexity index is 378. The first kappa shape index (κ1) is 13.1. The van der Waals surface area contributed by atoms with Crippen molar-refractivity contribution < 1.29 is 0 Å². The number of nitrogens with two attached hydrogens (primary N) is 1. The molecule has 0 spiro atoms. The molecule has 1 aliphatic rings. The van der Waals surface area contributed by atoms with E-state index in [-0.39, 0.29) is 5.54 Å². The molecule has 2 N–H and O–H groups in total. The lowest BCUT2D eigenvalue weighted by Gasteiger charge is -2.42. The van der Waals surface area contributed by atoms with E-state index in [1.807, 2.05) is 11.3 Å². The maximum absolute atomic E-state index is 6.64. The fraction of sp³-hybridized carbons (Fsp3) is 0.733. The minimum absolute atomic E-state index is 0.0417. The summed E-state index contributed by atoms with van der Waals surface area (Å²) < 4.78 is 0. The van der Waals surface area contributed by atoms with E-state index in [4.69, 9.17) is 5.73 Å². The number of thiophene rings is 1. The fourth-order valence-corrected chi connectivity index (χ4v) is 4.21. The lowest BCUT2D eigenvalue weighted by molar-refractivity contribution is 0.135. The number of hydrogen-bond donors (Lipinski definition) is 1. The van der Waals surface area contributed by atoms with Crippen LogP contribution in [0.1, 0.15) is 56.9 Å². The summed E-state index contributed by atoms with van der Waals surface area (Å²) in [6.45, 7) is 9.27. The van der Waals surface area contributed by atoms with Crippen LogP contribution in [0.4, 0.5) is 0 Å². The molecule has 1 aromatic rings. The van der Waals surface area contributed by atoms with Gasteiger partial charge in [0, 0.05) is 4.88 Å². The van der Waals surface area contributed by atoms with Crippen molar-refractivity contribution in [2.24, 2.45) is 17.1 Å². The maximum Gasteiger partial charge on any atom is 0.0506 e. The Balaban J connectivity index is 2.11. The minimum Gasteiger partial charge on any atom is -0.321 e. The summed E-state index contributed by atoms with van der Waals surface area (Å²) in [6.07, 6.45) is 4.85. The summed E-state index contributed by atoms with van der Waals surface area (Å²) in [5, 5.41) is 2.18. The van der Waals surface area contributed by atoms with Crippen molar-refractivity contribution in [2.75, 3.05) is 0 Å². The number of rotatable bonds is 1. The van der Waals surface area contributed by atoms with Crippen molar-refractivity contribution in [1.29, 1.82) is 0 Å². The van der Waals surface area contributed by atoms with Crippen LogP contribution in [0, 0.1) is 18.3 Å². The molecule has 0 radical (unpaired) electrons. The van der Waals surface area contributed by atoms with Crippen LogP contribution < -0.4 is 5.73 Å². The second-order valence-corrected chi connectivity index (χ2v) is 7.65. The van der Waals surface area contributed by atoms with Gasteiger partial charge in [-0.1, -0.05) is 20.8 Å². The quantitative estimate of drug-likeness (QED) is 0.784. The zero-order valence-corrected chi connectivity index (χ0v) is 12.4. The highest BCUT2D eigenvalue weighted by atomic mass is 32.1. The highest BCUT2D eigenvalue weighted by molar-refractivity contribution is 7.10. The van der Waals surface area contributed by atoms with Crippen LogP contribution in [0.5, 0.6) is 0 Å². The molecule has 17 heavy (non-hydrogen) atoms. The molecule has 0 atom stereocenters. The van der Waals surface area contributed by atoms with Crippen LogP contribution in [0.25, 0.3) is 0 Å². The molecule has 1 saturated carbocycles. The first-order valence-electron chi connectivity index (χ1n) is 6.66. The van der Waals surface area contributed by atoms with Gasteiger partial charge in [0.15, 0.2) is 0 Å². The van der Waals surface area contributed by atoms with Crippen molar-refractivity contribution in [3.63, 3.8) is 0 Å². The lowest BCUT2D eigenvalue weighted by atomic mass is 9.67. The Hall–Kier alpha value is -0.340. The summed E-state index contributed by atoms with van der Waals surface area (Å²) in [7, 11) is 0. The molecule has 0 bridgehead atoms. The van der Waals surface area contributed by atoms with Gasteiger partial charge >= 0.3 is 0 Å². The zero-order valence-electron chi connectivity index (χ0n) is 11.5. The third-order valence-electron chi connectivity index (χ3n) is 4.42. The fourth-order valence-electron chi connectivity index (χ4n) is 3.11.